The predicted octanol–water partition coefficient (Wildman–Crippen LogP) is 3.06. The number of carbonyl (C=O) groups excluding carboxylic acids is 1. The molecule has 4 heteroatoms. The Bertz CT molecular complexity index is 657. The van der Waals surface area contributed by atoms with Gasteiger partial charge in [0.05, 0.1) is 12.2 Å². The number of carboxylic acids is 1. The van der Waals surface area contributed by atoms with Gasteiger partial charge in [0.25, 0.3) is 0 Å². The van der Waals surface area contributed by atoms with Crippen LogP contribution in [0.25, 0.3) is 0 Å². The van der Waals surface area contributed by atoms with Crippen LogP contribution < -0.4 is 5.11 Å². The number of carbonyl (C=O) groups is 1. The maximum atomic E-state index is 11.0. The molecule has 28 heavy (non-hydrogen) atoms. The number of rotatable bonds is 4. The molecule has 0 heterocycles. The van der Waals surface area contributed by atoms with E-state index in [1.807, 2.05) is 6.08 Å². The smallest absolute Gasteiger partial charge is 0.0759 e. The Labute approximate surface area is 169 Å². The average Bonchev–Trinajstić information content (AvgIpc) is 2.99. The molecule has 9 atom stereocenters. The fourth-order valence-electron chi connectivity index (χ4n) is 8.28. The molecule has 0 spiro atoms. The van der Waals surface area contributed by atoms with E-state index in [1.165, 1.54) is 25.7 Å². The highest BCUT2D eigenvalue weighted by Gasteiger charge is 2.60. The van der Waals surface area contributed by atoms with Crippen LogP contribution in [0.1, 0.15) is 78.6 Å². The van der Waals surface area contributed by atoms with E-state index in [0.717, 1.165) is 24.8 Å². The minimum Gasteiger partial charge on any atom is -0.550 e. The molecule has 0 aromatic rings. The Morgan fingerprint density at radius 2 is 1.93 bits per heavy atom. The van der Waals surface area contributed by atoms with Gasteiger partial charge in [0.1, 0.15) is 0 Å². The zero-order valence-corrected chi connectivity index (χ0v) is 17.7. The Balaban J connectivity index is 1.57. The van der Waals surface area contributed by atoms with Crippen LogP contribution in [0.5, 0.6) is 0 Å². The van der Waals surface area contributed by atoms with Gasteiger partial charge in [-0.3, -0.25) is 0 Å². The van der Waals surface area contributed by atoms with Crippen molar-refractivity contribution < 1.29 is 20.1 Å². The molecule has 0 bridgehead atoms. The molecular weight excluding hydrogens is 352 g/mol. The van der Waals surface area contributed by atoms with E-state index in [4.69, 9.17) is 0 Å². The summed E-state index contributed by atoms with van der Waals surface area (Å²) in [6.07, 6.45) is 9.44. The third-order valence-electron chi connectivity index (χ3n) is 9.66. The van der Waals surface area contributed by atoms with Crippen LogP contribution in [0.3, 0.4) is 0 Å². The van der Waals surface area contributed by atoms with Crippen molar-refractivity contribution in [1.82, 2.24) is 0 Å². The zero-order valence-electron chi connectivity index (χ0n) is 17.7. The molecule has 0 aromatic heterocycles. The van der Waals surface area contributed by atoms with Crippen molar-refractivity contribution in [2.45, 2.75) is 90.8 Å². The molecule has 0 aliphatic heterocycles. The zero-order chi connectivity index (χ0) is 20.3. The molecule has 0 radical (unpaired) electrons. The van der Waals surface area contributed by atoms with Crippen LogP contribution in [-0.4, -0.2) is 28.4 Å². The summed E-state index contributed by atoms with van der Waals surface area (Å²) in [5, 5.41) is 32.1. The van der Waals surface area contributed by atoms with E-state index in [2.05, 4.69) is 20.8 Å². The van der Waals surface area contributed by atoms with Gasteiger partial charge >= 0.3 is 0 Å². The predicted molar refractivity (Wildman–Crippen MR) is 106 cm³/mol. The molecule has 0 saturated heterocycles. The van der Waals surface area contributed by atoms with Gasteiger partial charge in [-0.25, -0.2) is 0 Å². The minimum atomic E-state index is -0.933. The average molecular weight is 390 g/mol. The van der Waals surface area contributed by atoms with Crippen molar-refractivity contribution in [3.8, 4) is 0 Å². The third kappa shape index (κ3) is 3.06. The maximum Gasteiger partial charge on any atom is 0.0759 e. The van der Waals surface area contributed by atoms with Crippen LogP contribution in [0.15, 0.2) is 11.6 Å². The van der Waals surface area contributed by atoms with E-state index in [-0.39, 0.29) is 17.3 Å². The molecule has 4 aliphatic carbocycles. The van der Waals surface area contributed by atoms with Gasteiger partial charge in [-0.1, -0.05) is 26.8 Å². The second kappa shape index (κ2) is 7.12. The Hall–Kier alpha value is -0.870. The van der Waals surface area contributed by atoms with E-state index >= 15 is 0 Å². The Kier molecular flexibility index (Phi) is 5.19. The SMILES string of the molecule is C[C@H](CCC(=O)[O-])[C@H]1CC[C@H]2[C@H]3C[C@H](O)C4=C[C@H](O)CC[C@@]4(C)[C@@H]3CC[C@]12C. The molecule has 4 rings (SSSR count). The molecule has 4 nitrogen and oxygen atoms in total. The van der Waals surface area contributed by atoms with Gasteiger partial charge in [0.2, 0.25) is 0 Å². The normalized spacial score (nSPS) is 48.8. The summed E-state index contributed by atoms with van der Waals surface area (Å²) >= 11 is 0. The summed E-state index contributed by atoms with van der Waals surface area (Å²) in [5.41, 5.74) is 1.40. The van der Waals surface area contributed by atoms with Crippen molar-refractivity contribution in [3.63, 3.8) is 0 Å². The fourth-order valence-corrected chi connectivity index (χ4v) is 8.28. The summed E-state index contributed by atoms with van der Waals surface area (Å²) in [6.45, 7) is 7.02. The molecule has 0 unspecified atom stereocenters. The first kappa shape index (κ1) is 20.4. The number of aliphatic hydroxyl groups is 2. The summed E-state index contributed by atoms with van der Waals surface area (Å²) in [7, 11) is 0. The lowest BCUT2D eigenvalue weighted by molar-refractivity contribution is -0.306. The number of hydrogen-bond acceptors (Lipinski definition) is 4. The summed E-state index contributed by atoms with van der Waals surface area (Å²) in [4.78, 5) is 10.9. The minimum absolute atomic E-state index is 0.0293. The van der Waals surface area contributed by atoms with E-state index < -0.39 is 18.2 Å². The number of carboxylic acid groups (broad SMARTS) is 1. The fraction of sp³-hybridized carbons (Fsp3) is 0.875. The highest BCUT2D eigenvalue weighted by molar-refractivity contribution is 5.64. The molecule has 3 saturated carbocycles. The summed E-state index contributed by atoms with van der Waals surface area (Å²) in [6, 6.07) is 0. The lowest BCUT2D eigenvalue weighted by Crippen LogP contribution is -2.54. The largest absolute Gasteiger partial charge is 0.550 e. The van der Waals surface area contributed by atoms with Gasteiger partial charge in [-0.2, -0.15) is 0 Å². The molecule has 158 valence electrons. The Morgan fingerprint density at radius 3 is 2.64 bits per heavy atom. The van der Waals surface area contributed by atoms with Gasteiger partial charge in [0, 0.05) is 5.97 Å². The third-order valence-corrected chi connectivity index (χ3v) is 9.66. The lowest BCUT2D eigenvalue weighted by Gasteiger charge is -2.60. The number of aliphatic hydroxyl groups excluding tert-OH is 2. The quantitative estimate of drug-likeness (QED) is 0.724. The van der Waals surface area contributed by atoms with Crippen molar-refractivity contribution in [2.24, 2.45) is 40.4 Å². The standard InChI is InChI=1S/C24H38O4/c1-14(4-7-22(27)28)17-5-6-18-16-13-21(26)20-12-15(25)8-10-24(20,3)19(16)9-11-23(17,18)2/h12,14-19,21,25-26H,4-11,13H2,1-3H3,(H,27,28)/p-1/t14-,15-,16-,17-,18+,19-,21+,23-,24+/m1/s1. The maximum absolute atomic E-state index is 11.0. The molecular formula is C24H37O4-. The summed E-state index contributed by atoms with van der Waals surface area (Å²) < 4.78 is 0. The van der Waals surface area contributed by atoms with E-state index in [0.29, 0.717) is 36.0 Å². The second-order valence-corrected chi connectivity index (χ2v) is 10.9. The molecule has 3 fully saturated rings. The topological polar surface area (TPSA) is 80.6 Å². The first-order valence-corrected chi connectivity index (χ1v) is 11.4. The highest BCUT2D eigenvalue weighted by Crippen LogP contribution is 2.67. The molecule has 2 N–H and O–H groups in total. The van der Waals surface area contributed by atoms with Crippen LogP contribution in [0, 0.1) is 40.4 Å². The van der Waals surface area contributed by atoms with E-state index in [1.54, 1.807) is 0 Å². The number of hydrogen-bond donors (Lipinski definition) is 2. The van der Waals surface area contributed by atoms with Gasteiger partial charge in [-0.05, 0) is 104 Å². The van der Waals surface area contributed by atoms with Crippen molar-refractivity contribution in [2.75, 3.05) is 0 Å². The Morgan fingerprint density at radius 1 is 1.18 bits per heavy atom. The first-order valence-electron chi connectivity index (χ1n) is 11.4. The van der Waals surface area contributed by atoms with Crippen LogP contribution in [0.2, 0.25) is 0 Å². The monoisotopic (exact) mass is 389 g/mol. The van der Waals surface area contributed by atoms with Crippen LogP contribution in [0.4, 0.5) is 0 Å². The highest BCUT2D eigenvalue weighted by atomic mass is 16.4. The van der Waals surface area contributed by atoms with E-state index in [9.17, 15) is 20.1 Å². The van der Waals surface area contributed by atoms with Crippen molar-refractivity contribution in [3.05, 3.63) is 11.6 Å². The first-order chi connectivity index (χ1) is 13.2. The van der Waals surface area contributed by atoms with Gasteiger partial charge in [-0.15, -0.1) is 0 Å². The van der Waals surface area contributed by atoms with Gasteiger partial charge in [0.15, 0.2) is 0 Å². The summed E-state index contributed by atoms with van der Waals surface area (Å²) in [5.74, 6) is 1.83. The molecule has 4 aliphatic rings. The van der Waals surface area contributed by atoms with Crippen LogP contribution >= 0.6 is 0 Å². The lowest BCUT2D eigenvalue weighted by atomic mass is 9.46. The number of aliphatic carboxylic acids is 1. The van der Waals surface area contributed by atoms with Gasteiger partial charge < -0.3 is 20.1 Å². The molecule has 0 aromatic carbocycles. The number of fused-ring (bicyclic) bond motifs is 5. The van der Waals surface area contributed by atoms with Crippen molar-refractivity contribution in [1.29, 1.82) is 0 Å². The second-order valence-electron chi connectivity index (χ2n) is 10.9. The van der Waals surface area contributed by atoms with Crippen molar-refractivity contribution >= 4 is 5.97 Å². The van der Waals surface area contributed by atoms with Crippen LogP contribution in [-0.2, 0) is 4.79 Å². The molecule has 0 amide bonds.